The molecule has 1 aromatic carbocycles. The van der Waals surface area contributed by atoms with Crippen molar-refractivity contribution in [1.82, 2.24) is 0 Å². The van der Waals surface area contributed by atoms with Crippen LogP contribution in [0.15, 0.2) is 28.7 Å². The Balaban J connectivity index is 2.50. The second-order valence-electron chi connectivity index (χ2n) is 6.09. The monoisotopic (exact) mass is 297 g/mol. The van der Waals surface area contributed by atoms with E-state index in [1.54, 1.807) is 0 Å². The Bertz CT molecular complexity index is 337. The van der Waals surface area contributed by atoms with E-state index in [9.17, 15) is 0 Å². The second-order valence-corrected chi connectivity index (χ2v) is 7.01. The molecule has 0 radical (unpaired) electrons. The van der Waals surface area contributed by atoms with Crippen LogP contribution in [-0.4, -0.2) is 6.04 Å². The van der Waals surface area contributed by atoms with Gasteiger partial charge in [-0.2, -0.15) is 0 Å². The lowest BCUT2D eigenvalue weighted by Gasteiger charge is -2.29. The first kappa shape index (κ1) is 14.7. The molecule has 2 N–H and O–H groups in total. The van der Waals surface area contributed by atoms with Crippen LogP contribution in [-0.2, 0) is 6.42 Å². The lowest BCUT2D eigenvalue weighted by Crippen LogP contribution is -2.30. The van der Waals surface area contributed by atoms with Gasteiger partial charge in [0.25, 0.3) is 0 Å². The summed E-state index contributed by atoms with van der Waals surface area (Å²) in [6, 6.07) is 8.70. The van der Waals surface area contributed by atoms with Crippen LogP contribution in [0.1, 0.15) is 39.7 Å². The summed E-state index contributed by atoms with van der Waals surface area (Å²) in [5.74, 6) is 0.646. The molecule has 0 saturated heterocycles. The first-order valence-corrected chi connectivity index (χ1v) is 7.08. The summed E-state index contributed by atoms with van der Waals surface area (Å²) >= 11 is 3.45. The molecule has 0 fully saturated rings. The normalized spacial score (nSPS) is 15.6. The predicted molar refractivity (Wildman–Crippen MR) is 79.1 cm³/mol. The summed E-state index contributed by atoms with van der Waals surface area (Å²) in [7, 11) is 0. The number of rotatable bonds is 4. The Morgan fingerprint density at radius 1 is 1.18 bits per heavy atom. The average molecular weight is 298 g/mol. The maximum Gasteiger partial charge on any atom is 0.0175 e. The molecule has 2 heteroatoms. The summed E-state index contributed by atoms with van der Waals surface area (Å²) in [5, 5.41) is 0. The molecule has 0 bridgehead atoms. The van der Waals surface area contributed by atoms with E-state index in [4.69, 9.17) is 5.73 Å². The summed E-state index contributed by atoms with van der Waals surface area (Å²) in [6.45, 7) is 9.14. The number of hydrogen-bond acceptors (Lipinski definition) is 1. The highest BCUT2D eigenvalue weighted by Crippen LogP contribution is 2.29. The van der Waals surface area contributed by atoms with Gasteiger partial charge in [0.15, 0.2) is 0 Å². The van der Waals surface area contributed by atoms with E-state index in [2.05, 4.69) is 67.9 Å². The minimum absolute atomic E-state index is 0.255. The molecule has 0 heterocycles. The van der Waals surface area contributed by atoms with Gasteiger partial charge in [0.05, 0.1) is 0 Å². The van der Waals surface area contributed by atoms with Gasteiger partial charge in [-0.15, -0.1) is 0 Å². The second kappa shape index (κ2) is 6.01. The van der Waals surface area contributed by atoms with Crippen LogP contribution in [0, 0.1) is 11.3 Å². The molecule has 0 aliphatic carbocycles. The molecular weight excluding hydrogens is 274 g/mol. The summed E-state index contributed by atoms with van der Waals surface area (Å²) < 4.78 is 1.12. The quantitative estimate of drug-likeness (QED) is 0.876. The van der Waals surface area contributed by atoms with Crippen molar-refractivity contribution in [2.45, 2.75) is 46.6 Å². The van der Waals surface area contributed by atoms with Crippen LogP contribution in [0.5, 0.6) is 0 Å². The van der Waals surface area contributed by atoms with E-state index in [-0.39, 0.29) is 6.04 Å². The third kappa shape index (κ3) is 5.22. The number of hydrogen-bond donors (Lipinski definition) is 1. The minimum atomic E-state index is 0.255. The van der Waals surface area contributed by atoms with Crippen LogP contribution in [0.25, 0.3) is 0 Å². The molecule has 96 valence electrons. The van der Waals surface area contributed by atoms with E-state index in [1.807, 2.05) is 0 Å². The number of halogens is 1. The van der Waals surface area contributed by atoms with Crippen LogP contribution >= 0.6 is 15.9 Å². The van der Waals surface area contributed by atoms with Crippen molar-refractivity contribution in [3.05, 3.63) is 34.3 Å². The molecule has 2 unspecified atom stereocenters. The van der Waals surface area contributed by atoms with Gasteiger partial charge in [0.2, 0.25) is 0 Å². The molecule has 0 aromatic heterocycles. The van der Waals surface area contributed by atoms with Gasteiger partial charge >= 0.3 is 0 Å². The molecule has 0 aliphatic rings. The van der Waals surface area contributed by atoms with Gasteiger partial charge in [-0.1, -0.05) is 55.8 Å². The lowest BCUT2D eigenvalue weighted by atomic mass is 9.78. The Morgan fingerprint density at radius 3 is 2.18 bits per heavy atom. The fraction of sp³-hybridized carbons (Fsp3) is 0.600. The zero-order valence-corrected chi connectivity index (χ0v) is 12.9. The molecule has 1 rings (SSSR count). The third-order valence-corrected chi connectivity index (χ3v) is 4.07. The van der Waals surface area contributed by atoms with Gasteiger partial charge < -0.3 is 5.73 Å². The Morgan fingerprint density at radius 2 is 1.71 bits per heavy atom. The van der Waals surface area contributed by atoms with Crippen LogP contribution in [0.3, 0.4) is 0 Å². The highest BCUT2D eigenvalue weighted by Gasteiger charge is 2.22. The Labute approximate surface area is 114 Å². The summed E-state index contributed by atoms with van der Waals surface area (Å²) in [4.78, 5) is 0. The van der Waals surface area contributed by atoms with Crippen molar-refractivity contribution in [2.24, 2.45) is 17.1 Å². The highest BCUT2D eigenvalue weighted by molar-refractivity contribution is 9.10. The zero-order chi connectivity index (χ0) is 13.1. The lowest BCUT2D eigenvalue weighted by molar-refractivity contribution is 0.233. The largest absolute Gasteiger partial charge is 0.327 e. The highest BCUT2D eigenvalue weighted by atomic mass is 79.9. The van der Waals surface area contributed by atoms with E-state index in [0.29, 0.717) is 11.3 Å². The molecule has 17 heavy (non-hydrogen) atoms. The minimum Gasteiger partial charge on any atom is -0.327 e. The maximum absolute atomic E-state index is 6.23. The zero-order valence-electron chi connectivity index (χ0n) is 11.3. The third-order valence-electron chi connectivity index (χ3n) is 3.55. The first-order chi connectivity index (χ1) is 7.79. The maximum atomic E-state index is 6.23. The molecule has 1 aromatic rings. The van der Waals surface area contributed by atoms with Gasteiger partial charge in [-0.05, 0) is 41.9 Å². The standard InChI is InChI=1S/C15H24BrN/c1-11(15(2,3)4)9-14(17)10-12-5-7-13(16)8-6-12/h5-8,11,14H,9-10,17H2,1-4H3. The molecular formula is C15H24BrN. The smallest absolute Gasteiger partial charge is 0.0175 e. The fourth-order valence-electron chi connectivity index (χ4n) is 1.81. The van der Waals surface area contributed by atoms with Crippen LogP contribution in [0.4, 0.5) is 0 Å². The van der Waals surface area contributed by atoms with Crippen LogP contribution < -0.4 is 5.73 Å². The van der Waals surface area contributed by atoms with E-state index in [0.717, 1.165) is 17.3 Å². The van der Waals surface area contributed by atoms with Gasteiger partial charge in [-0.25, -0.2) is 0 Å². The predicted octanol–water partition coefficient (Wildman–Crippen LogP) is 4.39. The molecule has 0 amide bonds. The summed E-state index contributed by atoms with van der Waals surface area (Å²) in [5.41, 5.74) is 7.90. The SMILES string of the molecule is CC(CC(N)Cc1ccc(Br)cc1)C(C)(C)C. The average Bonchev–Trinajstić information content (AvgIpc) is 2.20. The molecule has 0 aliphatic heterocycles. The van der Waals surface area contributed by atoms with Crippen molar-refractivity contribution >= 4 is 15.9 Å². The molecule has 0 saturated carbocycles. The molecule has 1 nitrogen and oxygen atoms in total. The van der Waals surface area contributed by atoms with Crippen molar-refractivity contribution in [3.8, 4) is 0 Å². The Hall–Kier alpha value is -0.340. The first-order valence-electron chi connectivity index (χ1n) is 6.29. The van der Waals surface area contributed by atoms with Crippen molar-refractivity contribution in [3.63, 3.8) is 0 Å². The van der Waals surface area contributed by atoms with Gasteiger partial charge in [0.1, 0.15) is 0 Å². The van der Waals surface area contributed by atoms with E-state index < -0.39 is 0 Å². The number of nitrogens with two attached hydrogens (primary N) is 1. The number of benzene rings is 1. The van der Waals surface area contributed by atoms with Crippen molar-refractivity contribution < 1.29 is 0 Å². The van der Waals surface area contributed by atoms with Crippen molar-refractivity contribution in [1.29, 1.82) is 0 Å². The molecule has 2 atom stereocenters. The van der Waals surface area contributed by atoms with E-state index in [1.165, 1.54) is 5.56 Å². The van der Waals surface area contributed by atoms with E-state index >= 15 is 0 Å². The van der Waals surface area contributed by atoms with Gasteiger partial charge in [0, 0.05) is 10.5 Å². The van der Waals surface area contributed by atoms with Gasteiger partial charge in [-0.3, -0.25) is 0 Å². The Kier molecular flexibility index (Phi) is 5.21. The fourth-order valence-corrected chi connectivity index (χ4v) is 2.08. The molecule has 0 spiro atoms. The topological polar surface area (TPSA) is 26.0 Å². The summed E-state index contributed by atoms with van der Waals surface area (Å²) in [6.07, 6.45) is 2.05. The van der Waals surface area contributed by atoms with Crippen molar-refractivity contribution in [2.75, 3.05) is 0 Å². The van der Waals surface area contributed by atoms with Crippen LogP contribution in [0.2, 0.25) is 0 Å².